The minimum absolute atomic E-state index is 0.585. The van der Waals surface area contributed by atoms with Crippen molar-refractivity contribution in [1.29, 1.82) is 0 Å². The van der Waals surface area contributed by atoms with E-state index in [2.05, 4.69) is 95.6 Å². The predicted molar refractivity (Wildman–Crippen MR) is 137 cm³/mol. The summed E-state index contributed by atoms with van der Waals surface area (Å²) in [5, 5.41) is 0. The Hall–Kier alpha value is -3.92. The lowest BCUT2D eigenvalue weighted by atomic mass is 10.0. The first kappa shape index (κ1) is 20.7. The van der Waals surface area contributed by atoms with Crippen molar-refractivity contribution < 1.29 is 9.47 Å². The molecule has 0 aromatic heterocycles. The molecule has 0 saturated carbocycles. The summed E-state index contributed by atoms with van der Waals surface area (Å²) in [6.07, 6.45) is 0.915. The standard InChI is InChI=1S/C30H28N2O2/c1-22-6-15-30-26(16-22)19-32(21-34-30)28-13-9-24(10-14-28)17-23-7-11-27(12-8-23)31-18-25-4-2-3-5-29(25)33-20-31/h2-16H,17-21H2,1H3. The van der Waals surface area contributed by atoms with Crippen molar-refractivity contribution in [3.8, 4) is 11.5 Å². The fraction of sp³-hybridized carbons (Fsp3) is 0.200. The van der Waals surface area contributed by atoms with Crippen LogP contribution in [0.5, 0.6) is 11.5 Å². The van der Waals surface area contributed by atoms with Crippen molar-refractivity contribution in [1.82, 2.24) is 0 Å². The van der Waals surface area contributed by atoms with E-state index in [4.69, 9.17) is 9.47 Å². The van der Waals surface area contributed by atoms with Gasteiger partial charge in [0.15, 0.2) is 13.5 Å². The first-order valence-electron chi connectivity index (χ1n) is 11.8. The minimum atomic E-state index is 0.585. The molecule has 2 heterocycles. The smallest absolute Gasteiger partial charge is 0.161 e. The van der Waals surface area contributed by atoms with Gasteiger partial charge >= 0.3 is 0 Å². The molecule has 170 valence electrons. The second kappa shape index (κ2) is 8.79. The second-order valence-corrected chi connectivity index (χ2v) is 9.17. The van der Waals surface area contributed by atoms with Crippen LogP contribution in [0.1, 0.15) is 27.8 Å². The SMILES string of the molecule is Cc1ccc2c(c1)CN(c1ccc(Cc3ccc(N4COc5ccccc5C4)cc3)cc1)CO2. The molecule has 0 N–H and O–H groups in total. The van der Waals surface area contributed by atoms with Gasteiger partial charge in [0, 0.05) is 35.6 Å². The van der Waals surface area contributed by atoms with Gasteiger partial charge in [-0.2, -0.15) is 0 Å². The van der Waals surface area contributed by atoms with Crippen LogP contribution in [-0.2, 0) is 19.5 Å². The summed E-state index contributed by atoms with van der Waals surface area (Å²) < 4.78 is 11.9. The quantitative estimate of drug-likeness (QED) is 0.366. The molecule has 4 nitrogen and oxygen atoms in total. The Bertz CT molecular complexity index is 1300. The van der Waals surface area contributed by atoms with E-state index in [-0.39, 0.29) is 0 Å². The van der Waals surface area contributed by atoms with Gasteiger partial charge in [-0.05, 0) is 60.9 Å². The molecule has 34 heavy (non-hydrogen) atoms. The number of para-hydroxylation sites is 1. The Labute approximate surface area is 201 Å². The zero-order valence-corrected chi connectivity index (χ0v) is 19.4. The molecular weight excluding hydrogens is 420 g/mol. The maximum absolute atomic E-state index is 5.97. The van der Waals surface area contributed by atoms with Crippen molar-refractivity contribution in [3.05, 3.63) is 119 Å². The molecule has 4 aromatic rings. The Morgan fingerprint density at radius 2 is 1.18 bits per heavy atom. The largest absolute Gasteiger partial charge is 0.473 e. The monoisotopic (exact) mass is 448 g/mol. The van der Waals surface area contributed by atoms with Gasteiger partial charge in [0.2, 0.25) is 0 Å². The van der Waals surface area contributed by atoms with Crippen molar-refractivity contribution in [2.45, 2.75) is 26.4 Å². The van der Waals surface area contributed by atoms with Crippen LogP contribution in [0.25, 0.3) is 0 Å². The average Bonchev–Trinajstić information content (AvgIpc) is 2.89. The summed E-state index contributed by atoms with van der Waals surface area (Å²) in [6.45, 7) is 5.05. The number of benzene rings is 4. The maximum Gasteiger partial charge on any atom is 0.161 e. The van der Waals surface area contributed by atoms with Crippen LogP contribution in [-0.4, -0.2) is 13.5 Å². The van der Waals surface area contributed by atoms with Gasteiger partial charge in [-0.25, -0.2) is 0 Å². The highest BCUT2D eigenvalue weighted by molar-refractivity contribution is 5.53. The third kappa shape index (κ3) is 4.19. The van der Waals surface area contributed by atoms with E-state index in [1.165, 1.54) is 39.2 Å². The van der Waals surface area contributed by atoms with Crippen LogP contribution in [0.15, 0.2) is 91.0 Å². The van der Waals surface area contributed by atoms with Gasteiger partial charge < -0.3 is 19.3 Å². The molecular formula is C30H28N2O2. The number of ether oxygens (including phenoxy) is 2. The highest BCUT2D eigenvalue weighted by atomic mass is 16.5. The van der Waals surface area contributed by atoms with E-state index in [0.29, 0.717) is 13.5 Å². The van der Waals surface area contributed by atoms with Crippen LogP contribution < -0.4 is 19.3 Å². The zero-order chi connectivity index (χ0) is 22.9. The number of rotatable bonds is 4. The van der Waals surface area contributed by atoms with E-state index in [0.717, 1.165) is 31.0 Å². The molecule has 0 spiro atoms. The van der Waals surface area contributed by atoms with Gasteiger partial charge in [-0.1, -0.05) is 60.2 Å². The van der Waals surface area contributed by atoms with Crippen LogP contribution in [0.2, 0.25) is 0 Å². The molecule has 0 bridgehead atoms. The van der Waals surface area contributed by atoms with Crippen LogP contribution in [0.4, 0.5) is 11.4 Å². The van der Waals surface area contributed by atoms with Crippen molar-refractivity contribution >= 4 is 11.4 Å². The molecule has 4 heteroatoms. The van der Waals surface area contributed by atoms with Gasteiger partial charge in [0.1, 0.15) is 11.5 Å². The number of aryl methyl sites for hydroxylation is 1. The molecule has 0 saturated heterocycles. The lowest BCUT2D eigenvalue weighted by Crippen LogP contribution is -2.31. The molecule has 0 unspecified atom stereocenters. The molecule has 2 aliphatic rings. The van der Waals surface area contributed by atoms with Gasteiger partial charge in [0.25, 0.3) is 0 Å². The predicted octanol–water partition coefficient (Wildman–Crippen LogP) is 6.30. The highest BCUT2D eigenvalue weighted by Gasteiger charge is 2.18. The average molecular weight is 449 g/mol. The summed E-state index contributed by atoms with van der Waals surface area (Å²) in [4.78, 5) is 4.54. The van der Waals surface area contributed by atoms with Crippen molar-refractivity contribution in [2.24, 2.45) is 0 Å². The third-order valence-corrected chi connectivity index (χ3v) is 6.67. The summed E-state index contributed by atoms with van der Waals surface area (Å²) in [7, 11) is 0. The van der Waals surface area contributed by atoms with E-state index in [1.54, 1.807) is 0 Å². The Balaban J connectivity index is 1.10. The Morgan fingerprint density at radius 1 is 0.618 bits per heavy atom. The highest BCUT2D eigenvalue weighted by Crippen LogP contribution is 2.30. The third-order valence-electron chi connectivity index (χ3n) is 6.67. The topological polar surface area (TPSA) is 24.9 Å². The molecule has 0 fully saturated rings. The summed E-state index contributed by atoms with van der Waals surface area (Å²) >= 11 is 0. The fourth-order valence-electron chi connectivity index (χ4n) is 4.76. The summed E-state index contributed by atoms with van der Waals surface area (Å²) in [5.74, 6) is 2.00. The van der Waals surface area contributed by atoms with Crippen LogP contribution >= 0.6 is 0 Å². The second-order valence-electron chi connectivity index (χ2n) is 9.17. The Morgan fingerprint density at radius 3 is 1.82 bits per heavy atom. The normalized spacial score (nSPS) is 14.6. The molecule has 0 radical (unpaired) electrons. The number of hydrogen-bond acceptors (Lipinski definition) is 4. The van der Waals surface area contributed by atoms with E-state index in [1.807, 2.05) is 12.1 Å². The molecule has 2 aliphatic heterocycles. The van der Waals surface area contributed by atoms with Crippen molar-refractivity contribution in [2.75, 3.05) is 23.3 Å². The number of hydrogen-bond donors (Lipinski definition) is 0. The zero-order valence-electron chi connectivity index (χ0n) is 19.4. The molecule has 0 atom stereocenters. The maximum atomic E-state index is 5.97. The van der Waals surface area contributed by atoms with E-state index >= 15 is 0 Å². The molecule has 4 aromatic carbocycles. The molecule has 0 amide bonds. The van der Waals surface area contributed by atoms with Gasteiger partial charge in [0.05, 0.1) is 0 Å². The number of nitrogens with zero attached hydrogens (tertiary/aromatic N) is 2. The van der Waals surface area contributed by atoms with E-state index in [9.17, 15) is 0 Å². The van der Waals surface area contributed by atoms with E-state index < -0.39 is 0 Å². The number of fused-ring (bicyclic) bond motifs is 2. The Kier molecular flexibility index (Phi) is 5.34. The summed E-state index contributed by atoms with van der Waals surface area (Å²) in [6, 6.07) is 32.4. The van der Waals surface area contributed by atoms with Crippen molar-refractivity contribution in [3.63, 3.8) is 0 Å². The molecule has 0 aliphatic carbocycles. The van der Waals surface area contributed by atoms with Crippen LogP contribution in [0, 0.1) is 6.92 Å². The van der Waals surface area contributed by atoms with Gasteiger partial charge in [-0.3, -0.25) is 0 Å². The summed E-state index contributed by atoms with van der Waals surface area (Å²) in [5.41, 5.74) is 8.74. The lowest BCUT2D eigenvalue weighted by molar-refractivity contribution is 0.289. The first-order chi connectivity index (χ1) is 16.7. The lowest BCUT2D eigenvalue weighted by Gasteiger charge is -2.31. The minimum Gasteiger partial charge on any atom is -0.473 e. The van der Waals surface area contributed by atoms with Gasteiger partial charge in [-0.15, -0.1) is 0 Å². The van der Waals surface area contributed by atoms with Crippen LogP contribution in [0.3, 0.4) is 0 Å². The fourth-order valence-corrected chi connectivity index (χ4v) is 4.76. The first-order valence-corrected chi connectivity index (χ1v) is 11.8. The molecule has 6 rings (SSSR count). The number of anilines is 2.